The van der Waals surface area contributed by atoms with Gasteiger partial charge in [0.05, 0.1) is 31.5 Å². The Bertz CT molecular complexity index is 1110. The maximum absolute atomic E-state index is 13.8. The molecule has 2 aliphatic heterocycles. The van der Waals surface area contributed by atoms with Crippen molar-refractivity contribution in [2.45, 2.75) is 88.5 Å². The van der Waals surface area contributed by atoms with Gasteiger partial charge in [-0.2, -0.15) is 0 Å². The summed E-state index contributed by atoms with van der Waals surface area (Å²) in [6.07, 6.45) is 0.846. The lowest BCUT2D eigenvalue weighted by Gasteiger charge is -2.43. The normalized spacial score (nSPS) is 30.2. The molecule has 5 rings (SSSR count). The van der Waals surface area contributed by atoms with E-state index in [2.05, 4.69) is 5.32 Å². The number of carbonyl (C=O) groups excluding carboxylic acids is 1. The first-order chi connectivity index (χ1) is 18.2. The van der Waals surface area contributed by atoms with Crippen LogP contribution in [-0.2, 0) is 41.7 Å². The highest BCUT2D eigenvalue weighted by Crippen LogP contribution is 2.44. The number of ether oxygens (including phenoxy) is 5. The molecule has 1 N–H and O–H groups in total. The average molecular weight is 532 g/mol. The summed E-state index contributed by atoms with van der Waals surface area (Å²) in [4.78, 5) is 13.8. The summed E-state index contributed by atoms with van der Waals surface area (Å²) in [6, 6.07) is 13.3. The van der Waals surface area contributed by atoms with Crippen LogP contribution in [0.4, 0.5) is 8.78 Å². The van der Waals surface area contributed by atoms with Gasteiger partial charge in [-0.15, -0.1) is 0 Å². The molecule has 2 aromatic rings. The number of carbonyl (C=O) groups is 1. The summed E-state index contributed by atoms with van der Waals surface area (Å²) < 4.78 is 58.0. The van der Waals surface area contributed by atoms with Crippen molar-refractivity contribution in [3.63, 3.8) is 0 Å². The molecule has 3 fully saturated rings. The second-order valence-corrected chi connectivity index (χ2v) is 10.8. The van der Waals surface area contributed by atoms with Gasteiger partial charge in [0.1, 0.15) is 6.10 Å². The topological polar surface area (TPSA) is 75.3 Å². The Morgan fingerprint density at radius 2 is 1.84 bits per heavy atom. The van der Waals surface area contributed by atoms with Gasteiger partial charge in [-0.3, -0.25) is 4.79 Å². The predicted octanol–water partition coefficient (Wildman–Crippen LogP) is 4.41. The molecule has 1 aliphatic carbocycles. The molecule has 9 heteroatoms. The van der Waals surface area contributed by atoms with Crippen LogP contribution in [-0.4, -0.2) is 54.9 Å². The number of amides is 1. The Balaban J connectivity index is 1.38. The molecule has 0 spiro atoms. The quantitative estimate of drug-likeness (QED) is 0.517. The lowest BCUT2D eigenvalue weighted by atomic mass is 9.78. The van der Waals surface area contributed by atoms with Crippen LogP contribution in [0.25, 0.3) is 0 Å². The van der Waals surface area contributed by atoms with E-state index in [4.69, 9.17) is 23.7 Å². The van der Waals surface area contributed by atoms with Crippen LogP contribution in [0, 0.1) is 11.6 Å². The fourth-order valence-corrected chi connectivity index (χ4v) is 5.51. The van der Waals surface area contributed by atoms with E-state index in [1.807, 2.05) is 44.2 Å². The molecule has 0 radical (unpaired) electrons. The molecule has 2 heterocycles. The standard InChI is InChI=1S/C29H35F2NO6/c1-28(2)37-25-15-29(36-18-19-7-4-3-5-8-19,27(33)32-16-21-9-6-12-34-21)14-24(26(25)38-28)35-17-20-10-11-22(30)23(31)13-20/h3-5,7-8,10-11,13,21,24-26H,6,9,12,14-18H2,1-2H3,(H,32,33)/t21-,24+,25+,26-,29+/m0/s1. The molecule has 7 nitrogen and oxygen atoms in total. The number of benzene rings is 2. The van der Waals surface area contributed by atoms with E-state index < -0.39 is 41.3 Å². The number of nitrogens with one attached hydrogen (secondary N) is 1. The van der Waals surface area contributed by atoms with Crippen molar-refractivity contribution in [1.82, 2.24) is 5.32 Å². The molecule has 0 unspecified atom stereocenters. The van der Waals surface area contributed by atoms with Gasteiger partial charge in [0.25, 0.3) is 5.91 Å². The highest BCUT2D eigenvalue weighted by atomic mass is 19.2. The zero-order valence-electron chi connectivity index (χ0n) is 21.8. The third-order valence-electron chi connectivity index (χ3n) is 7.38. The van der Waals surface area contributed by atoms with Crippen molar-refractivity contribution in [1.29, 1.82) is 0 Å². The van der Waals surface area contributed by atoms with Crippen LogP contribution in [0.5, 0.6) is 0 Å². The number of fused-ring (bicyclic) bond motifs is 1. The zero-order valence-corrected chi connectivity index (χ0v) is 21.8. The molecule has 38 heavy (non-hydrogen) atoms. The van der Waals surface area contributed by atoms with Gasteiger partial charge >= 0.3 is 0 Å². The zero-order chi connectivity index (χ0) is 26.8. The second kappa shape index (κ2) is 11.4. The largest absolute Gasteiger partial charge is 0.376 e. The monoisotopic (exact) mass is 531 g/mol. The lowest BCUT2D eigenvalue weighted by Crippen LogP contribution is -2.60. The third-order valence-corrected chi connectivity index (χ3v) is 7.38. The smallest absolute Gasteiger partial charge is 0.252 e. The van der Waals surface area contributed by atoms with Gasteiger partial charge < -0.3 is 29.0 Å². The number of hydrogen-bond acceptors (Lipinski definition) is 6. The van der Waals surface area contributed by atoms with Gasteiger partial charge in [0, 0.05) is 26.0 Å². The molecular weight excluding hydrogens is 496 g/mol. The van der Waals surface area contributed by atoms with Gasteiger partial charge in [0.15, 0.2) is 23.0 Å². The second-order valence-electron chi connectivity index (χ2n) is 10.8. The molecule has 3 aliphatic rings. The first-order valence-electron chi connectivity index (χ1n) is 13.2. The van der Waals surface area contributed by atoms with Crippen molar-refractivity contribution < 1.29 is 37.3 Å². The van der Waals surface area contributed by atoms with E-state index in [0.717, 1.165) is 30.5 Å². The molecular formula is C29H35F2NO6. The molecule has 0 aromatic heterocycles. The van der Waals surface area contributed by atoms with Crippen molar-refractivity contribution in [2.24, 2.45) is 0 Å². The molecule has 1 amide bonds. The van der Waals surface area contributed by atoms with Crippen molar-refractivity contribution >= 4 is 5.91 Å². The van der Waals surface area contributed by atoms with Crippen LogP contribution in [0.2, 0.25) is 0 Å². The van der Waals surface area contributed by atoms with Crippen LogP contribution in [0.1, 0.15) is 50.7 Å². The minimum atomic E-state index is -1.25. The van der Waals surface area contributed by atoms with E-state index in [9.17, 15) is 13.6 Å². The van der Waals surface area contributed by atoms with E-state index in [-0.39, 0.29) is 38.1 Å². The van der Waals surface area contributed by atoms with Crippen LogP contribution >= 0.6 is 0 Å². The third kappa shape index (κ3) is 6.24. The highest BCUT2D eigenvalue weighted by molar-refractivity contribution is 5.85. The van der Waals surface area contributed by atoms with Crippen molar-refractivity contribution in [3.8, 4) is 0 Å². The Hall–Kier alpha value is -2.43. The fraction of sp³-hybridized carbons (Fsp3) is 0.552. The van der Waals surface area contributed by atoms with E-state index >= 15 is 0 Å². The van der Waals surface area contributed by atoms with Crippen molar-refractivity contribution in [2.75, 3.05) is 13.2 Å². The van der Waals surface area contributed by atoms with Gasteiger partial charge in [-0.1, -0.05) is 36.4 Å². The number of rotatable bonds is 9. The summed E-state index contributed by atoms with van der Waals surface area (Å²) in [5, 5.41) is 3.05. The lowest BCUT2D eigenvalue weighted by molar-refractivity contribution is -0.183. The predicted molar refractivity (Wildman–Crippen MR) is 134 cm³/mol. The SMILES string of the molecule is CC1(C)O[C@H]2[C@H](OCc3ccc(F)c(F)c3)C[C@](OCc3ccccc3)(C(=O)NC[C@@H]3CCCO3)C[C@H]2O1. The van der Waals surface area contributed by atoms with Crippen molar-refractivity contribution in [3.05, 3.63) is 71.3 Å². The number of halogens is 2. The molecule has 0 bridgehead atoms. The van der Waals surface area contributed by atoms with Crippen LogP contribution in [0.15, 0.2) is 48.5 Å². The summed E-state index contributed by atoms with van der Waals surface area (Å²) in [5.41, 5.74) is 0.157. The minimum Gasteiger partial charge on any atom is -0.376 e. The van der Waals surface area contributed by atoms with Crippen LogP contribution < -0.4 is 5.32 Å². The van der Waals surface area contributed by atoms with E-state index in [1.54, 1.807) is 0 Å². The Labute approximate surface area is 221 Å². The Morgan fingerprint density at radius 3 is 2.58 bits per heavy atom. The molecule has 2 aromatic carbocycles. The first kappa shape index (κ1) is 27.1. The first-order valence-corrected chi connectivity index (χ1v) is 13.2. The summed E-state index contributed by atoms with van der Waals surface area (Å²) >= 11 is 0. The Kier molecular flexibility index (Phi) is 8.11. The maximum atomic E-state index is 13.8. The molecule has 1 saturated carbocycles. The Morgan fingerprint density at radius 1 is 1.03 bits per heavy atom. The fourth-order valence-electron chi connectivity index (χ4n) is 5.51. The number of hydrogen-bond donors (Lipinski definition) is 1. The van der Waals surface area contributed by atoms with Gasteiger partial charge in [0.2, 0.25) is 0 Å². The summed E-state index contributed by atoms with van der Waals surface area (Å²) in [6.45, 7) is 4.98. The maximum Gasteiger partial charge on any atom is 0.252 e. The van der Waals surface area contributed by atoms with E-state index in [1.165, 1.54) is 6.07 Å². The van der Waals surface area contributed by atoms with Gasteiger partial charge in [-0.05, 0) is 49.9 Å². The summed E-state index contributed by atoms with van der Waals surface area (Å²) in [5.74, 6) is -2.99. The average Bonchev–Trinajstić information content (AvgIpc) is 3.53. The minimum absolute atomic E-state index is 0.0151. The molecule has 2 saturated heterocycles. The highest BCUT2D eigenvalue weighted by Gasteiger charge is 2.58. The molecule has 206 valence electrons. The van der Waals surface area contributed by atoms with Gasteiger partial charge in [-0.25, -0.2) is 8.78 Å². The molecule has 5 atom stereocenters. The van der Waals surface area contributed by atoms with E-state index in [0.29, 0.717) is 18.7 Å². The summed E-state index contributed by atoms with van der Waals surface area (Å²) in [7, 11) is 0. The van der Waals surface area contributed by atoms with Crippen LogP contribution in [0.3, 0.4) is 0 Å².